The van der Waals surface area contributed by atoms with Gasteiger partial charge >= 0.3 is 0 Å². The molecule has 1 aliphatic heterocycles. The largest absolute Gasteiger partial charge is 0.496 e. The standard InChI is InChI=1S/C25H28N2O4/c1-4-26(5-2)15-10-16-27-22(17-11-6-8-13-19(17)30-3)21-23(28)18-12-7-9-14-20(18)31-24(21)25(27)29/h6-9,11-14,22H,4-5,10,15-16H2,1-3H3/t22-/m0/s1. The van der Waals surface area contributed by atoms with Gasteiger partial charge < -0.3 is 19.0 Å². The molecule has 0 saturated heterocycles. The van der Waals surface area contributed by atoms with E-state index in [-0.39, 0.29) is 17.1 Å². The predicted octanol–water partition coefficient (Wildman–Crippen LogP) is 4.08. The monoisotopic (exact) mass is 420 g/mol. The maximum absolute atomic E-state index is 13.5. The number of fused-ring (bicyclic) bond motifs is 2. The van der Waals surface area contributed by atoms with E-state index in [4.69, 9.17) is 9.15 Å². The lowest BCUT2D eigenvalue weighted by molar-refractivity contribution is 0.0719. The van der Waals surface area contributed by atoms with Crippen LogP contribution >= 0.6 is 0 Å². The quantitative estimate of drug-likeness (QED) is 0.550. The number of para-hydroxylation sites is 2. The first-order valence-electron chi connectivity index (χ1n) is 10.8. The van der Waals surface area contributed by atoms with Gasteiger partial charge in [0.1, 0.15) is 11.3 Å². The zero-order valence-corrected chi connectivity index (χ0v) is 18.3. The first-order valence-corrected chi connectivity index (χ1v) is 10.8. The van der Waals surface area contributed by atoms with E-state index in [9.17, 15) is 9.59 Å². The first-order chi connectivity index (χ1) is 15.1. The molecule has 0 bridgehead atoms. The van der Waals surface area contributed by atoms with Crippen LogP contribution < -0.4 is 10.2 Å². The summed E-state index contributed by atoms with van der Waals surface area (Å²) in [6, 6.07) is 14.1. The van der Waals surface area contributed by atoms with Crippen LogP contribution in [0.15, 0.2) is 57.7 Å². The Kier molecular flexibility index (Phi) is 6.09. The van der Waals surface area contributed by atoms with E-state index in [1.807, 2.05) is 30.3 Å². The SMILES string of the molecule is CCN(CC)CCCN1C(=O)c2oc3ccccc3c(=O)c2[C@@H]1c1ccccc1OC. The van der Waals surface area contributed by atoms with Crippen LogP contribution in [0.1, 0.15) is 48.0 Å². The second-order valence-electron chi connectivity index (χ2n) is 7.69. The van der Waals surface area contributed by atoms with Crippen LogP contribution in [0.25, 0.3) is 11.0 Å². The van der Waals surface area contributed by atoms with Crippen LogP contribution in [0.2, 0.25) is 0 Å². The lowest BCUT2D eigenvalue weighted by atomic mass is 9.97. The summed E-state index contributed by atoms with van der Waals surface area (Å²) < 4.78 is 11.6. The summed E-state index contributed by atoms with van der Waals surface area (Å²) in [4.78, 5) is 31.0. The Bertz CT molecular complexity index is 1150. The van der Waals surface area contributed by atoms with Crippen molar-refractivity contribution in [3.8, 4) is 5.75 Å². The zero-order valence-electron chi connectivity index (χ0n) is 18.3. The molecule has 1 amide bonds. The van der Waals surface area contributed by atoms with Gasteiger partial charge in [-0.2, -0.15) is 0 Å². The second kappa shape index (κ2) is 8.94. The first kappa shape index (κ1) is 21.1. The Hall–Kier alpha value is -3.12. The summed E-state index contributed by atoms with van der Waals surface area (Å²) in [5.41, 5.74) is 1.47. The van der Waals surface area contributed by atoms with Gasteiger partial charge in [-0.3, -0.25) is 9.59 Å². The van der Waals surface area contributed by atoms with E-state index in [1.165, 1.54) is 0 Å². The number of amides is 1. The van der Waals surface area contributed by atoms with Gasteiger partial charge in [0.15, 0.2) is 5.43 Å². The van der Waals surface area contributed by atoms with Crippen molar-refractivity contribution < 1.29 is 13.9 Å². The molecule has 4 rings (SSSR count). The molecule has 0 fully saturated rings. The third kappa shape index (κ3) is 3.72. The van der Waals surface area contributed by atoms with Crippen LogP contribution in [0.5, 0.6) is 5.75 Å². The average molecular weight is 421 g/mol. The van der Waals surface area contributed by atoms with Crippen molar-refractivity contribution in [2.24, 2.45) is 0 Å². The fourth-order valence-electron chi connectivity index (χ4n) is 4.42. The highest BCUT2D eigenvalue weighted by Crippen LogP contribution is 2.41. The molecular formula is C25H28N2O4. The highest BCUT2D eigenvalue weighted by Gasteiger charge is 2.43. The van der Waals surface area contributed by atoms with Crippen molar-refractivity contribution in [2.45, 2.75) is 26.3 Å². The maximum Gasteiger partial charge on any atom is 0.290 e. The van der Waals surface area contributed by atoms with Crippen molar-refractivity contribution in [3.63, 3.8) is 0 Å². The number of carbonyl (C=O) groups is 1. The Morgan fingerprint density at radius 1 is 1.03 bits per heavy atom. The van der Waals surface area contributed by atoms with Gasteiger partial charge in [-0.25, -0.2) is 0 Å². The molecule has 0 saturated carbocycles. The molecule has 0 aliphatic carbocycles. The zero-order chi connectivity index (χ0) is 22.0. The van der Waals surface area contributed by atoms with Gasteiger partial charge in [0, 0.05) is 12.1 Å². The molecule has 0 spiro atoms. The summed E-state index contributed by atoms with van der Waals surface area (Å²) in [6.07, 6.45) is 0.806. The molecule has 3 aromatic rings. The Balaban J connectivity index is 1.82. The fraction of sp³-hybridized carbons (Fsp3) is 0.360. The second-order valence-corrected chi connectivity index (χ2v) is 7.69. The van der Waals surface area contributed by atoms with Crippen LogP contribution in [0.4, 0.5) is 0 Å². The van der Waals surface area contributed by atoms with Crippen LogP contribution in [0, 0.1) is 0 Å². The van der Waals surface area contributed by atoms with Gasteiger partial charge in [-0.1, -0.05) is 44.2 Å². The number of rotatable bonds is 8. The Morgan fingerprint density at radius 3 is 2.48 bits per heavy atom. The highest BCUT2D eigenvalue weighted by atomic mass is 16.5. The molecule has 1 aliphatic rings. The maximum atomic E-state index is 13.5. The number of methoxy groups -OCH3 is 1. The summed E-state index contributed by atoms with van der Waals surface area (Å²) in [5.74, 6) is 0.546. The summed E-state index contributed by atoms with van der Waals surface area (Å²) >= 11 is 0. The molecular weight excluding hydrogens is 392 g/mol. The van der Waals surface area contributed by atoms with E-state index >= 15 is 0 Å². The predicted molar refractivity (Wildman–Crippen MR) is 121 cm³/mol. The van der Waals surface area contributed by atoms with Crippen LogP contribution in [-0.2, 0) is 0 Å². The molecule has 0 N–H and O–H groups in total. The molecule has 1 atom stereocenters. The molecule has 162 valence electrons. The van der Waals surface area contributed by atoms with E-state index in [0.29, 0.717) is 28.8 Å². The smallest absolute Gasteiger partial charge is 0.290 e. The number of carbonyl (C=O) groups excluding carboxylic acids is 1. The van der Waals surface area contributed by atoms with Crippen LogP contribution in [0.3, 0.4) is 0 Å². The average Bonchev–Trinajstić information content (AvgIpc) is 3.08. The van der Waals surface area contributed by atoms with Gasteiger partial charge in [-0.15, -0.1) is 0 Å². The topological polar surface area (TPSA) is 63.0 Å². The van der Waals surface area contributed by atoms with E-state index in [0.717, 1.165) is 31.6 Å². The van der Waals surface area contributed by atoms with Crippen molar-refractivity contribution in [1.82, 2.24) is 9.80 Å². The minimum atomic E-state index is -0.531. The van der Waals surface area contributed by atoms with Crippen molar-refractivity contribution in [3.05, 3.63) is 75.6 Å². The lowest BCUT2D eigenvalue weighted by Gasteiger charge is -2.27. The number of ether oxygens (including phenoxy) is 1. The van der Waals surface area contributed by atoms with E-state index in [1.54, 1.807) is 30.2 Å². The number of hydrogen-bond acceptors (Lipinski definition) is 5. The number of benzene rings is 2. The highest BCUT2D eigenvalue weighted by molar-refractivity contribution is 5.99. The van der Waals surface area contributed by atoms with Gasteiger partial charge in [-0.05, 0) is 44.3 Å². The third-order valence-corrected chi connectivity index (χ3v) is 6.07. The number of hydrogen-bond donors (Lipinski definition) is 0. The van der Waals surface area contributed by atoms with E-state index < -0.39 is 6.04 Å². The van der Waals surface area contributed by atoms with Gasteiger partial charge in [0.25, 0.3) is 5.91 Å². The Morgan fingerprint density at radius 2 is 1.74 bits per heavy atom. The van der Waals surface area contributed by atoms with Gasteiger partial charge in [0.05, 0.1) is 24.1 Å². The van der Waals surface area contributed by atoms with Crippen molar-refractivity contribution >= 4 is 16.9 Å². The molecule has 6 heteroatoms. The molecule has 6 nitrogen and oxygen atoms in total. The molecule has 31 heavy (non-hydrogen) atoms. The minimum absolute atomic E-state index is 0.141. The fourth-order valence-corrected chi connectivity index (χ4v) is 4.42. The molecule has 2 aromatic carbocycles. The van der Waals surface area contributed by atoms with Crippen LogP contribution in [-0.4, -0.2) is 49.0 Å². The number of nitrogens with zero attached hydrogens (tertiary/aromatic N) is 2. The van der Waals surface area contributed by atoms with Crippen molar-refractivity contribution in [2.75, 3.05) is 33.3 Å². The third-order valence-electron chi connectivity index (χ3n) is 6.07. The molecule has 1 aromatic heterocycles. The molecule has 2 heterocycles. The molecule has 0 radical (unpaired) electrons. The molecule has 0 unspecified atom stereocenters. The summed E-state index contributed by atoms with van der Waals surface area (Å²) in [6.45, 7) is 7.60. The lowest BCUT2D eigenvalue weighted by Crippen LogP contribution is -2.33. The normalized spacial score (nSPS) is 15.7. The Labute approximate surface area is 182 Å². The minimum Gasteiger partial charge on any atom is -0.496 e. The van der Waals surface area contributed by atoms with Crippen molar-refractivity contribution in [1.29, 1.82) is 0 Å². The summed E-state index contributed by atoms with van der Waals surface area (Å²) in [7, 11) is 1.60. The van der Waals surface area contributed by atoms with Gasteiger partial charge in [0.2, 0.25) is 5.76 Å². The van der Waals surface area contributed by atoms with E-state index in [2.05, 4.69) is 18.7 Å². The summed E-state index contributed by atoms with van der Waals surface area (Å²) in [5, 5.41) is 0.485.